The maximum atomic E-state index is 12.9. The normalized spacial score (nSPS) is 12.2. The minimum atomic E-state index is -0.414. The Morgan fingerprint density at radius 3 is 2.40 bits per heavy atom. The van der Waals surface area contributed by atoms with Crippen LogP contribution in [0, 0.1) is 13.8 Å². The number of Topliss-reactive ketones (excluding diaryl/α,β-unsaturated/α-hetero) is 2. The average Bonchev–Trinajstić information content (AvgIpc) is 2.89. The van der Waals surface area contributed by atoms with Crippen molar-refractivity contribution in [1.29, 1.82) is 0 Å². The third-order valence-corrected chi connectivity index (χ3v) is 4.59. The Balaban J connectivity index is 1.91. The molecule has 2 aromatic carbocycles. The second-order valence-corrected chi connectivity index (χ2v) is 6.44. The summed E-state index contributed by atoms with van der Waals surface area (Å²) in [5, 5.41) is 5.51. The number of benzene rings is 2. The summed E-state index contributed by atoms with van der Waals surface area (Å²) < 4.78 is 0. The van der Waals surface area contributed by atoms with Crippen LogP contribution in [0.5, 0.6) is 0 Å². The molecule has 3 rings (SSSR count). The monoisotopic (exact) mass is 334 g/mol. The molecular weight excluding hydrogens is 312 g/mol. The van der Waals surface area contributed by atoms with Gasteiger partial charge in [-0.05, 0) is 44.7 Å². The van der Waals surface area contributed by atoms with Gasteiger partial charge in [0.05, 0.1) is 11.7 Å². The van der Waals surface area contributed by atoms with Crippen molar-refractivity contribution in [3.8, 4) is 0 Å². The van der Waals surface area contributed by atoms with E-state index in [-0.39, 0.29) is 11.6 Å². The Bertz CT molecular complexity index is 964. The Labute approximate surface area is 147 Å². The molecule has 0 aliphatic rings. The fourth-order valence-corrected chi connectivity index (χ4v) is 3.39. The zero-order valence-corrected chi connectivity index (χ0v) is 14.9. The van der Waals surface area contributed by atoms with Gasteiger partial charge in [-0.15, -0.1) is 0 Å². The molecule has 4 nitrogen and oxygen atoms in total. The van der Waals surface area contributed by atoms with Crippen molar-refractivity contribution in [3.05, 3.63) is 65.0 Å². The van der Waals surface area contributed by atoms with E-state index in [4.69, 9.17) is 0 Å². The number of fused-ring (bicyclic) bond motifs is 1. The quantitative estimate of drug-likeness (QED) is 0.667. The van der Waals surface area contributed by atoms with Crippen LogP contribution in [-0.4, -0.2) is 22.6 Å². The molecule has 1 atom stereocenters. The Hall–Kier alpha value is -2.88. The lowest BCUT2D eigenvalue weighted by atomic mass is 10.0. The summed E-state index contributed by atoms with van der Waals surface area (Å²) in [7, 11) is 0. The molecule has 0 bridgehead atoms. The molecule has 0 aliphatic heterocycles. The molecule has 0 amide bonds. The average molecular weight is 334 g/mol. The van der Waals surface area contributed by atoms with E-state index in [0.717, 1.165) is 27.7 Å². The third-order valence-electron chi connectivity index (χ3n) is 4.59. The van der Waals surface area contributed by atoms with E-state index in [9.17, 15) is 9.59 Å². The van der Waals surface area contributed by atoms with Crippen LogP contribution in [0.1, 0.15) is 46.0 Å². The summed E-state index contributed by atoms with van der Waals surface area (Å²) in [4.78, 5) is 27.8. The number of anilines is 1. The van der Waals surface area contributed by atoms with Gasteiger partial charge in [-0.1, -0.05) is 36.4 Å². The second kappa shape index (κ2) is 6.55. The number of aryl methyl sites for hydroxylation is 1. The molecule has 0 spiro atoms. The summed E-state index contributed by atoms with van der Waals surface area (Å²) in [6, 6.07) is 13.6. The Kier molecular flexibility index (Phi) is 4.45. The number of aromatic nitrogens is 1. The summed E-state index contributed by atoms with van der Waals surface area (Å²) >= 11 is 0. The number of ketones is 2. The van der Waals surface area contributed by atoms with Crippen molar-refractivity contribution >= 4 is 28.0 Å². The number of carbonyl (C=O) groups is 2. The molecule has 1 aromatic heterocycles. The predicted molar refractivity (Wildman–Crippen MR) is 102 cm³/mol. The van der Waals surface area contributed by atoms with E-state index in [1.54, 1.807) is 0 Å². The maximum absolute atomic E-state index is 12.9. The van der Waals surface area contributed by atoms with E-state index < -0.39 is 6.04 Å². The highest BCUT2D eigenvalue weighted by atomic mass is 16.1. The van der Waals surface area contributed by atoms with Crippen LogP contribution in [-0.2, 0) is 0 Å². The SMILES string of the molecule is CC(=O)c1c(C)[nH]c(C(=O)[C@H](C)Nc2cccc3ccccc23)c1C. The van der Waals surface area contributed by atoms with E-state index >= 15 is 0 Å². The fourth-order valence-electron chi connectivity index (χ4n) is 3.39. The molecule has 128 valence electrons. The van der Waals surface area contributed by atoms with Gasteiger partial charge in [-0.25, -0.2) is 0 Å². The van der Waals surface area contributed by atoms with Crippen LogP contribution < -0.4 is 5.32 Å². The van der Waals surface area contributed by atoms with Crippen molar-refractivity contribution < 1.29 is 9.59 Å². The number of nitrogens with one attached hydrogen (secondary N) is 2. The molecule has 25 heavy (non-hydrogen) atoms. The highest BCUT2D eigenvalue weighted by Gasteiger charge is 2.23. The van der Waals surface area contributed by atoms with Crippen LogP contribution >= 0.6 is 0 Å². The molecule has 3 aromatic rings. The molecule has 2 N–H and O–H groups in total. The Morgan fingerprint density at radius 2 is 1.72 bits per heavy atom. The lowest BCUT2D eigenvalue weighted by Gasteiger charge is -2.16. The second-order valence-electron chi connectivity index (χ2n) is 6.44. The van der Waals surface area contributed by atoms with Gasteiger partial charge in [-0.3, -0.25) is 9.59 Å². The van der Waals surface area contributed by atoms with Crippen molar-refractivity contribution in [2.45, 2.75) is 33.7 Å². The van der Waals surface area contributed by atoms with E-state index in [0.29, 0.717) is 11.3 Å². The van der Waals surface area contributed by atoms with E-state index in [1.165, 1.54) is 6.92 Å². The number of rotatable bonds is 5. The lowest BCUT2D eigenvalue weighted by Crippen LogP contribution is -2.27. The zero-order valence-electron chi connectivity index (χ0n) is 14.9. The first kappa shape index (κ1) is 17.0. The number of carbonyl (C=O) groups excluding carboxylic acids is 2. The number of H-pyrrole nitrogens is 1. The molecule has 0 saturated heterocycles. The highest BCUT2D eigenvalue weighted by molar-refractivity contribution is 6.06. The van der Waals surface area contributed by atoms with Gasteiger partial charge in [0.25, 0.3) is 0 Å². The number of hydrogen-bond donors (Lipinski definition) is 2. The van der Waals surface area contributed by atoms with E-state index in [1.807, 2.05) is 63.2 Å². The van der Waals surface area contributed by atoms with Gasteiger partial charge >= 0.3 is 0 Å². The highest BCUT2D eigenvalue weighted by Crippen LogP contribution is 2.25. The number of aromatic amines is 1. The van der Waals surface area contributed by atoms with Gasteiger partial charge in [0.2, 0.25) is 5.78 Å². The first-order valence-corrected chi connectivity index (χ1v) is 8.38. The summed E-state index contributed by atoms with van der Waals surface area (Å²) in [6.07, 6.45) is 0. The van der Waals surface area contributed by atoms with Crippen LogP contribution in [0.4, 0.5) is 5.69 Å². The van der Waals surface area contributed by atoms with Gasteiger partial charge in [0.15, 0.2) is 5.78 Å². The summed E-state index contributed by atoms with van der Waals surface area (Å²) in [5.74, 6) is -0.0824. The van der Waals surface area contributed by atoms with Gasteiger partial charge < -0.3 is 10.3 Å². The standard InChI is InChI=1S/C21H22N2O2/c1-12-19(15(4)24)13(2)23-20(12)21(25)14(3)22-18-11-7-9-16-8-5-6-10-17(16)18/h5-11,14,22-23H,1-4H3/t14-/m0/s1. The first-order valence-electron chi connectivity index (χ1n) is 8.38. The molecular formula is C21H22N2O2. The zero-order chi connectivity index (χ0) is 18.1. The van der Waals surface area contributed by atoms with Gasteiger partial charge in [-0.2, -0.15) is 0 Å². The molecule has 0 fully saturated rings. The van der Waals surface area contributed by atoms with Crippen molar-refractivity contribution in [2.75, 3.05) is 5.32 Å². The number of hydrogen-bond acceptors (Lipinski definition) is 3. The van der Waals surface area contributed by atoms with Crippen LogP contribution in [0.3, 0.4) is 0 Å². The fraction of sp³-hybridized carbons (Fsp3) is 0.238. The van der Waals surface area contributed by atoms with Crippen molar-refractivity contribution in [2.24, 2.45) is 0 Å². The Morgan fingerprint density at radius 1 is 1.04 bits per heavy atom. The smallest absolute Gasteiger partial charge is 0.201 e. The minimum absolute atomic E-state index is 0.0278. The largest absolute Gasteiger partial charge is 0.375 e. The molecule has 0 saturated carbocycles. The first-order chi connectivity index (χ1) is 11.9. The molecule has 4 heteroatoms. The maximum Gasteiger partial charge on any atom is 0.201 e. The molecule has 0 unspecified atom stereocenters. The van der Waals surface area contributed by atoms with Crippen molar-refractivity contribution in [1.82, 2.24) is 4.98 Å². The van der Waals surface area contributed by atoms with Crippen LogP contribution in [0.15, 0.2) is 42.5 Å². The molecule has 0 radical (unpaired) electrons. The topological polar surface area (TPSA) is 62.0 Å². The van der Waals surface area contributed by atoms with Crippen molar-refractivity contribution in [3.63, 3.8) is 0 Å². The molecule has 1 heterocycles. The summed E-state index contributed by atoms with van der Waals surface area (Å²) in [6.45, 7) is 7.00. The third kappa shape index (κ3) is 3.07. The minimum Gasteiger partial charge on any atom is -0.375 e. The van der Waals surface area contributed by atoms with Gasteiger partial charge in [0.1, 0.15) is 0 Å². The van der Waals surface area contributed by atoms with E-state index in [2.05, 4.69) is 10.3 Å². The lowest BCUT2D eigenvalue weighted by molar-refractivity contribution is 0.0970. The van der Waals surface area contributed by atoms with Crippen LogP contribution in [0.25, 0.3) is 10.8 Å². The molecule has 0 aliphatic carbocycles. The predicted octanol–water partition coefficient (Wildman–Crippen LogP) is 4.67. The van der Waals surface area contributed by atoms with Gasteiger partial charge in [0, 0.05) is 22.3 Å². The summed E-state index contributed by atoms with van der Waals surface area (Å²) in [5.41, 5.74) is 3.50. The van der Waals surface area contributed by atoms with Crippen LogP contribution in [0.2, 0.25) is 0 Å².